The maximum absolute atomic E-state index is 13.2. The summed E-state index contributed by atoms with van der Waals surface area (Å²) in [7, 11) is -3.05. The van der Waals surface area contributed by atoms with Crippen LogP contribution in [0.3, 0.4) is 0 Å². The molecule has 1 aliphatic carbocycles. The van der Waals surface area contributed by atoms with Gasteiger partial charge >= 0.3 is 5.69 Å². The number of imidazole rings is 2. The van der Waals surface area contributed by atoms with Crippen LogP contribution in [0.15, 0.2) is 41.6 Å². The summed E-state index contributed by atoms with van der Waals surface area (Å²) in [6, 6.07) is 5.87. The molecule has 0 atom stereocenters. The highest BCUT2D eigenvalue weighted by molar-refractivity contribution is 7.90. The van der Waals surface area contributed by atoms with Gasteiger partial charge in [-0.2, -0.15) is 0 Å². The number of fused-ring (bicyclic) bond motifs is 2. The summed E-state index contributed by atoms with van der Waals surface area (Å²) in [5, 5.41) is 0. The Labute approximate surface area is 172 Å². The first kappa shape index (κ1) is 19.0. The summed E-state index contributed by atoms with van der Waals surface area (Å²) in [6.07, 6.45) is 8.81. The van der Waals surface area contributed by atoms with Crippen molar-refractivity contribution in [1.29, 1.82) is 0 Å². The zero-order valence-corrected chi connectivity index (χ0v) is 17.4. The fraction of sp³-hybridized carbons (Fsp3) is 0.400. The SMILES string of the molecule is CS(=O)(=O)CCCn1c(Cn2c(=O)n(C3CC3)c3ccncc32)nc2ncccc21. The van der Waals surface area contributed by atoms with Crippen molar-refractivity contribution in [1.82, 2.24) is 28.7 Å². The van der Waals surface area contributed by atoms with E-state index in [1.165, 1.54) is 6.26 Å². The molecule has 0 saturated heterocycles. The standard InChI is InChI=1S/C20H22N6O3S/c1-30(28,29)11-3-10-24-16-4-2-8-22-19(16)23-18(24)13-25-17-12-21-9-7-15(17)26(20(25)27)14-5-6-14/h2,4,7-9,12,14H,3,5-6,10-11,13H2,1H3. The van der Waals surface area contributed by atoms with Gasteiger partial charge in [0.15, 0.2) is 5.65 Å². The Morgan fingerprint density at radius 3 is 2.70 bits per heavy atom. The first-order valence-corrected chi connectivity index (χ1v) is 12.0. The summed E-state index contributed by atoms with van der Waals surface area (Å²) in [6.45, 7) is 0.759. The first-order chi connectivity index (χ1) is 14.4. The summed E-state index contributed by atoms with van der Waals surface area (Å²) >= 11 is 0. The third kappa shape index (κ3) is 3.41. The highest BCUT2D eigenvalue weighted by atomic mass is 32.2. The lowest BCUT2D eigenvalue weighted by atomic mass is 10.4. The van der Waals surface area contributed by atoms with E-state index >= 15 is 0 Å². The van der Waals surface area contributed by atoms with Gasteiger partial charge in [-0.3, -0.25) is 14.1 Å². The molecule has 0 amide bonds. The molecule has 5 rings (SSSR count). The normalized spacial score (nSPS) is 14.7. The average molecular weight is 427 g/mol. The number of sulfone groups is 1. The third-order valence-corrected chi connectivity index (χ3v) is 6.51. The second kappa shape index (κ2) is 7.05. The van der Waals surface area contributed by atoms with Crippen LogP contribution in [0.1, 0.15) is 31.1 Å². The molecule has 0 spiro atoms. The van der Waals surface area contributed by atoms with E-state index in [-0.39, 0.29) is 24.0 Å². The van der Waals surface area contributed by atoms with E-state index in [1.54, 1.807) is 23.2 Å². The average Bonchev–Trinajstić information content (AvgIpc) is 3.42. The maximum atomic E-state index is 13.2. The zero-order chi connectivity index (χ0) is 20.9. The number of hydrogen-bond acceptors (Lipinski definition) is 6. The number of nitrogens with zero attached hydrogens (tertiary/aromatic N) is 6. The van der Waals surface area contributed by atoms with Crippen LogP contribution in [0.25, 0.3) is 22.2 Å². The molecule has 4 heterocycles. The molecule has 0 aromatic carbocycles. The Kier molecular flexibility index (Phi) is 4.46. The molecule has 0 unspecified atom stereocenters. The Morgan fingerprint density at radius 1 is 1.10 bits per heavy atom. The van der Waals surface area contributed by atoms with Crippen LogP contribution in [0.4, 0.5) is 0 Å². The second-order valence-electron chi connectivity index (χ2n) is 7.84. The first-order valence-electron chi connectivity index (χ1n) is 9.95. The quantitative estimate of drug-likeness (QED) is 0.446. The fourth-order valence-electron chi connectivity index (χ4n) is 3.97. The molecule has 1 saturated carbocycles. The minimum absolute atomic E-state index is 0.0665. The Morgan fingerprint density at radius 2 is 1.93 bits per heavy atom. The molecule has 1 fully saturated rings. The fourth-order valence-corrected chi connectivity index (χ4v) is 4.62. The highest BCUT2D eigenvalue weighted by Gasteiger charge is 2.29. The predicted octanol–water partition coefficient (Wildman–Crippen LogP) is 1.76. The smallest absolute Gasteiger partial charge is 0.325 e. The largest absolute Gasteiger partial charge is 0.329 e. The van der Waals surface area contributed by atoms with Gasteiger partial charge in [0, 0.05) is 31.2 Å². The lowest BCUT2D eigenvalue weighted by molar-refractivity contribution is 0.583. The molecule has 10 heteroatoms. The van der Waals surface area contributed by atoms with Crippen LogP contribution < -0.4 is 5.69 Å². The van der Waals surface area contributed by atoms with Crippen molar-refractivity contribution < 1.29 is 8.42 Å². The summed E-state index contributed by atoms with van der Waals surface area (Å²) in [5.74, 6) is 0.773. The van der Waals surface area contributed by atoms with Gasteiger partial charge in [-0.05, 0) is 37.5 Å². The molecule has 30 heavy (non-hydrogen) atoms. The van der Waals surface area contributed by atoms with Crippen LogP contribution in [-0.2, 0) is 22.9 Å². The predicted molar refractivity (Wildman–Crippen MR) is 113 cm³/mol. The second-order valence-corrected chi connectivity index (χ2v) is 10.1. The van der Waals surface area contributed by atoms with E-state index in [9.17, 15) is 13.2 Å². The molecule has 0 aliphatic heterocycles. The van der Waals surface area contributed by atoms with Crippen molar-refractivity contribution in [3.05, 3.63) is 53.1 Å². The number of pyridine rings is 2. The molecule has 156 valence electrons. The molecule has 9 nitrogen and oxygen atoms in total. The number of rotatable bonds is 7. The maximum Gasteiger partial charge on any atom is 0.329 e. The van der Waals surface area contributed by atoms with Crippen molar-refractivity contribution in [2.75, 3.05) is 12.0 Å². The van der Waals surface area contributed by atoms with Gasteiger partial charge in [0.1, 0.15) is 15.7 Å². The number of hydrogen-bond donors (Lipinski definition) is 0. The summed E-state index contributed by atoms with van der Waals surface area (Å²) in [5.41, 5.74) is 3.01. The van der Waals surface area contributed by atoms with Crippen LogP contribution in [0.5, 0.6) is 0 Å². The molecule has 4 aromatic heterocycles. The van der Waals surface area contributed by atoms with E-state index in [4.69, 9.17) is 0 Å². The molecule has 0 radical (unpaired) electrons. The van der Waals surface area contributed by atoms with Gasteiger partial charge in [0.25, 0.3) is 0 Å². The topological polar surface area (TPSA) is 105 Å². The summed E-state index contributed by atoms with van der Waals surface area (Å²) < 4.78 is 28.7. The Balaban J connectivity index is 1.58. The van der Waals surface area contributed by atoms with E-state index < -0.39 is 9.84 Å². The van der Waals surface area contributed by atoms with Crippen molar-refractivity contribution in [2.24, 2.45) is 0 Å². The van der Waals surface area contributed by atoms with Gasteiger partial charge < -0.3 is 4.57 Å². The van der Waals surface area contributed by atoms with E-state index in [1.807, 2.05) is 27.3 Å². The van der Waals surface area contributed by atoms with E-state index in [0.29, 0.717) is 24.4 Å². The lowest BCUT2D eigenvalue weighted by Crippen LogP contribution is -2.25. The van der Waals surface area contributed by atoms with Crippen molar-refractivity contribution in [3.63, 3.8) is 0 Å². The lowest BCUT2D eigenvalue weighted by Gasteiger charge is -2.09. The van der Waals surface area contributed by atoms with Crippen molar-refractivity contribution >= 4 is 32.0 Å². The molecule has 4 aromatic rings. The molecule has 0 N–H and O–H groups in total. The number of aryl methyl sites for hydroxylation is 1. The van der Waals surface area contributed by atoms with Crippen molar-refractivity contribution in [3.8, 4) is 0 Å². The van der Waals surface area contributed by atoms with Crippen LogP contribution in [0, 0.1) is 0 Å². The molecular formula is C20H22N6O3S. The van der Waals surface area contributed by atoms with Gasteiger partial charge in [-0.15, -0.1) is 0 Å². The highest BCUT2D eigenvalue weighted by Crippen LogP contribution is 2.36. The minimum atomic E-state index is -3.05. The summed E-state index contributed by atoms with van der Waals surface area (Å²) in [4.78, 5) is 26.4. The van der Waals surface area contributed by atoms with Crippen molar-refractivity contribution in [2.45, 2.75) is 38.4 Å². The van der Waals surface area contributed by atoms with Gasteiger partial charge in [-0.1, -0.05) is 0 Å². The third-order valence-electron chi connectivity index (χ3n) is 5.48. The van der Waals surface area contributed by atoms with Crippen LogP contribution in [0.2, 0.25) is 0 Å². The van der Waals surface area contributed by atoms with E-state index in [0.717, 1.165) is 29.4 Å². The van der Waals surface area contributed by atoms with E-state index in [2.05, 4.69) is 15.0 Å². The Hall–Kier alpha value is -3.01. The van der Waals surface area contributed by atoms with Gasteiger partial charge in [0.05, 0.1) is 35.0 Å². The number of aromatic nitrogens is 6. The molecular weight excluding hydrogens is 404 g/mol. The van der Waals surface area contributed by atoms with Crippen LogP contribution >= 0.6 is 0 Å². The zero-order valence-electron chi connectivity index (χ0n) is 16.6. The monoisotopic (exact) mass is 426 g/mol. The van der Waals surface area contributed by atoms with Crippen LogP contribution in [-0.4, -0.2) is 49.1 Å². The molecule has 0 bridgehead atoms. The molecule has 1 aliphatic rings. The minimum Gasteiger partial charge on any atom is -0.325 e. The van der Waals surface area contributed by atoms with Gasteiger partial charge in [0.2, 0.25) is 0 Å². The van der Waals surface area contributed by atoms with Gasteiger partial charge in [-0.25, -0.2) is 23.2 Å². The Bertz CT molecular complexity index is 1410.